The first-order valence-electron chi connectivity index (χ1n) is 7.95. The maximum atomic E-state index is 12.4. The van der Waals surface area contributed by atoms with Crippen LogP contribution in [0.2, 0.25) is 0 Å². The molecule has 7 heteroatoms. The second-order valence-electron chi connectivity index (χ2n) is 5.43. The number of aromatic nitrogens is 2. The Morgan fingerprint density at radius 1 is 1.21 bits per heavy atom. The van der Waals surface area contributed by atoms with Crippen molar-refractivity contribution >= 4 is 39.7 Å². The van der Waals surface area contributed by atoms with E-state index in [2.05, 4.69) is 20.6 Å². The first-order chi connectivity index (χ1) is 11.8. The highest BCUT2D eigenvalue weighted by Crippen LogP contribution is 2.29. The van der Waals surface area contributed by atoms with E-state index in [0.717, 1.165) is 41.7 Å². The maximum absolute atomic E-state index is 12.4. The lowest BCUT2D eigenvalue weighted by molar-refractivity contribution is 0.0957. The maximum Gasteiger partial charge on any atom is 0.263 e. The van der Waals surface area contributed by atoms with Crippen molar-refractivity contribution in [1.82, 2.24) is 15.3 Å². The number of rotatable bonds is 8. The summed E-state index contributed by atoms with van der Waals surface area (Å²) in [7, 11) is 0. The van der Waals surface area contributed by atoms with Crippen molar-refractivity contribution in [1.29, 1.82) is 0 Å². The van der Waals surface area contributed by atoms with E-state index in [-0.39, 0.29) is 12.5 Å². The van der Waals surface area contributed by atoms with Crippen LogP contribution in [0.4, 0.5) is 11.4 Å². The molecule has 0 atom stereocenters. The highest BCUT2D eigenvalue weighted by Gasteiger charge is 2.14. The molecular weight excluding hydrogens is 324 g/mol. The number of aliphatic hydroxyl groups is 1. The van der Waals surface area contributed by atoms with E-state index in [9.17, 15) is 4.79 Å². The molecule has 0 saturated carbocycles. The van der Waals surface area contributed by atoms with Crippen LogP contribution in [0.3, 0.4) is 0 Å². The molecule has 6 nitrogen and oxygen atoms in total. The van der Waals surface area contributed by atoms with Gasteiger partial charge in [0.25, 0.3) is 5.91 Å². The zero-order valence-corrected chi connectivity index (χ0v) is 14.0. The number of thiophene rings is 1. The number of fused-ring (bicyclic) bond motifs is 1. The number of aromatic amines is 1. The van der Waals surface area contributed by atoms with Gasteiger partial charge in [0.1, 0.15) is 10.5 Å². The Morgan fingerprint density at radius 3 is 3.00 bits per heavy atom. The summed E-state index contributed by atoms with van der Waals surface area (Å²) in [5.74, 6) is -0.0733. The third-order valence-electron chi connectivity index (χ3n) is 3.72. The van der Waals surface area contributed by atoms with Crippen LogP contribution in [0.1, 0.15) is 28.9 Å². The average molecular weight is 344 g/mol. The number of hydrogen-bond donors (Lipinski definition) is 4. The minimum atomic E-state index is -0.0733. The first-order valence-corrected chi connectivity index (χ1v) is 8.83. The minimum Gasteiger partial charge on any atom is -0.396 e. The number of carbonyl (C=O) groups excluding carboxylic acids is 1. The van der Waals surface area contributed by atoms with Gasteiger partial charge in [-0.05, 0) is 42.8 Å². The minimum absolute atomic E-state index is 0.0733. The Bertz CT molecular complexity index is 812. The van der Waals surface area contributed by atoms with Gasteiger partial charge in [-0.25, -0.2) is 4.98 Å². The van der Waals surface area contributed by atoms with Crippen molar-refractivity contribution in [2.24, 2.45) is 0 Å². The molecule has 0 fully saturated rings. The van der Waals surface area contributed by atoms with E-state index in [1.165, 1.54) is 11.3 Å². The number of unbranched alkanes of at least 4 members (excludes halogenated alkanes) is 2. The van der Waals surface area contributed by atoms with E-state index in [4.69, 9.17) is 5.11 Å². The summed E-state index contributed by atoms with van der Waals surface area (Å²) in [5.41, 5.74) is 2.52. The van der Waals surface area contributed by atoms with Gasteiger partial charge >= 0.3 is 0 Å². The fraction of sp³-hybridized carbons (Fsp3) is 0.294. The third-order valence-corrected chi connectivity index (χ3v) is 4.63. The third kappa shape index (κ3) is 3.74. The lowest BCUT2D eigenvalue weighted by atomic mass is 10.2. The highest BCUT2D eigenvalue weighted by molar-refractivity contribution is 7.12. The summed E-state index contributed by atoms with van der Waals surface area (Å²) < 4.78 is 0. The normalized spacial score (nSPS) is 10.9. The van der Waals surface area contributed by atoms with Crippen molar-refractivity contribution in [3.8, 4) is 0 Å². The van der Waals surface area contributed by atoms with Crippen LogP contribution in [-0.2, 0) is 0 Å². The van der Waals surface area contributed by atoms with Gasteiger partial charge in [-0.2, -0.15) is 0 Å². The zero-order valence-electron chi connectivity index (χ0n) is 13.2. The summed E-state index contributed by atoms with van der Waals surface area (Å²) in [6.45, 7) is 0.819. The Balaban J connectivity index is 1.67. The van der Waals surface area contributed by atoms with Crippen LogP contribution in [0.25, 0.3) is 11.0 Å². The molecule has 0 aliphatic heterocycles. The molecule has 3 rings (SSSR count). The number of H-pyrrole nitrogens is 1. The van der Waals surface area contributed by atoms with Crippen molar-refractivity contribution in [3.05, 3.63) is 40.8 Å². The Hall–Kier alpha value is -2.38. The van der Waals surface area contributed by atoms with E-state index in [1.54, 1.807) is 6.20 Å². The van der Waals surface area contributed by atoms with Crippen molar-refractivity contribution in [3.63, 3.8) is 0 Å². The molecule has 0 spiro atoms. The molecule has 24 heavy (non-hydrogen) atoms. The molecule has 0 aliphatic rings. The standard InChI is InChI=1S/C17H20N4O2S/c22-10-3-1-2-7-20-17(23)15-14(6-11-24-15)21-13-5-9-19-16-12(13)4-8-18-16/h4-6,8-9,11,22H,1-3,7,10H2,(H,20,23)(H2,18,19,21). The van der Waals surface area contributed by atoms with Crippen LogP contribution in [-0.4, -0.2) is 34.1 Å². The smallest absolute Gasteiger partial charge is 0.263 e. The van der Waals surface area contributed by atoms with Gasteiger partial charge in [-0.15, -0.1) is 11.3 Å². The molecule has 1 amide bonds. The molecule has 3 aromatic rings. The summed E-state index contributed by atoms with van der Waals surface area (Å²) in [6, 6.07) is 5.76. The second kappa shape index (κ2) is 7.94. The molecule has 0 saturated heterocycles. The Kier molecular flexibility index (Phi) is 5.45. The van der Waals surface area contributed by atoms with Crippen molar-refractivity contribution in [2.75, 3.05) is 18.5 Å². The molecule has 0 aromatic carbocycles. The Morgan fingerprint density at radius 2 is 2.12 bits per heavy atom. The monoisotopic (exact) mass is 344 g/mol. The number of anilines is 2. The first kappa shape index (κ1) is 16.5. The summed E-state index contributed by atoms with van der Waals surface area (Å²) >= 11 is 1.41. The van der Waals surface area contributed by atoms with E-state index in [0.29, 0.717) is 11.4 Å². The lowest BCUT2D eigenvalue weighted by Gasteiger charge is -2.09. The molecule has 126 valence electrons. The number of nitrogens with one attached hydrogen (secondary N) is 3. The SMILES string of the molecule is O=C(NCCCCCO)c1sccc1Nc1ccnc2[nH]ccc12. The van der Waals surface area contributed by atoms with Gasteiger partial charge in [-0.3, -0.25) is 4.79 Å². The molecule has 4 N–H and O–H groups in total. The molecule has 3 aromatic heterocycles. The van der Waals surface area contributed by atoms with Crippen LogP contribution < -0.4 is 10.6 Å². The number of nitrogens with zero attached hydrogens (tertiary/aromatic N) is 1. The van der Waals surface area contributed by atoms with Crippen LogP contribution >= 0.6 is 11.3 Å². The van der Waals surface area contributed by atoms with Gasteiger partial charge in [-0.1, -0.05) is 0 Å². The summed E-state index contributed by atoms with van der Waals surface area (Å²) in [4.78, 5) is 20.4. The van der Waals surface area contributed by atoms with Crippen LogP contribution in [0.5, 0.6) is 0 Å². The number of amides is 1. The van der Waals surface area contributed by atoms with Crippen LogP contribution in [0.15, 0.2) is 36.0 Å². The number of hydrogen-bond acceptors (Lipinski definition) is 5. The van der Waals surface area contributed by atoms with E-state index < -0.39 is 0 Å². The fourth-order valence-corrected chi connectivity index (χ4v) is 3.26. The molecular formula is C17H20N4O2S. The average Bonchev–Trinajstić information content (AvgIpc) is 3.24. The van der Waals surface area contributed by atoms with Crippen molar-refractivity contribution in [2.45, 2.75) is 19.3 Å². The predicted molar refractivity (Wildman–Crippen MR) is 97.0 cm³/mol. The second-order valence-corrected chi connectivity index (χ2v) is 6.34. The van der Waals surface area contributed by atoms with E-state index >= 15 is 0 Å². The van der Waals surface area contributed by atoms with Crippen molar-refractivity contribution < 1.29 is 9.90 Å². The topological polar surface area (TPSA) is 90.0 Å². The fourth-order valence-electron chi connectivity index (χ4n) is 2.49. The predicted octanol–water partition coefficient (Wildman–Crippen LogP) is 3.26. The molecule has 0 radical (unpaired) electrons. The van der Waals surface area contributed by atoms with Gasteiger partial charge in [0.05, 0.1) is 11.4 Å². The van der Waals surface area contributed by atoms with Gasteiger partial charge in [0.2, 0.25) is 0 Å². The quantitative estimate of drug-likeness (QED) is 0.472. The number of pyridine rings is 1. The summed E-state index contributed by atoms with van der Waals surface area (Å²) in [5, 5.41) is 17.9. The highest BCUT2D eigenvalue weighted by atomic mass is 32.1. The molecule has 0 bridgehead atoms. The number of aliphatic hydroxyl groups excluding tert-OH is 1. The number of carbonyl (C=O) groups is 1. The zero-order chi connectivity index (χ0) is 16.8. The van der Waals surface area contributed by atoms with E-state index in [1.807, 2.05) is 29.8 Å². The molecule has 0 aliphatic carbocycles. The largest absolute Gasteiger partial charge is 0.396 e. The van der Waals surface area contributed by atoms with Gasteiger partial charge < -0.3 is 20.7 Å². The van der Waals surface area contributed by atoms with Gasteiger partial charge in [0.15, 0.2) is 0 Å². The molecule has 0 unspecified atom stereocenters. The molecule has 3 heterocycles. The summed E-state index contributed by atoms with van der Waals surface area (Å²) in [6.07, 6.45) is 6.13. The van der Waals surface area contributed by atoms with Crippen LogP contribution in [0, 0.1) is 0 Å². The lowest BCUT2D eigenvalue weighted by Crippen LogP contribution is -2.24. The van der Waals surface area contributed by atoms with Gasteiger partial charge in [0, 0.05) is 30.9 Å². The Labute approximate surface area is 143 Å².